The largest absolute Gasteiger partial charge is 0.329 e. The van der Waals surface area contributed by atoms with E-state index in [0.717, 1.165) is 19.0 Å². The predicted octanol–water partition coefficient (Wildman–Crippen LogP) is 1.62. The summed E-state index contributed by atoms with van der Waals surface area (Å²) in [5, 5.41) is 3.49. The highest BCUT2D eigenvalue weighted by Gasteiger charge is 2.26. The molecule has 1 fully saturated rings. The minimum Gasteiger partial charge on any atom is -0.329 e. The number of hydrogen-bond donors (Lipinski definition) is 2. The standard InChI is InChI=1S/C15H25N3/c1-17-15(13-5-3-2-4-6-13)14-7-10-18(11-8-14)12-9-16/h2-6,14-15,17H,7-12,16H2,1H3. The van der Waals surface area contributed by atoms with Gasteiger partial charge in [-0.2, -0.15) is 0 Å². The van der Waals surface area contributed by atoms with Crippen LogP contribution < -0.4 is 11.1 Å². The van der Waals surface area contributed by atoms with Crippen LogP contribution in [0.25, 0.3) is 0 Å². The molecule has 0 bridgehead atoms. The molecule has 3 nitrogen and oxygen atoms in total. The Morgan fingerprint density at radius 2 is 1.94 bits per heavy atom. The van der Waals surface area contributed by atoms with E-state index in [9.17, 15) is 0 Å². The summed E-state index contributed by atoms with van der Waals surface area (Å²) in [4.78, 5) is 2.48. The summed E-state index contributed by atoms with van der Waals surface area (Å²) in [6.45, 7) is 4.20. The fourth-order valence-corrected chi connectivity index (χ4v) is 3.03. The summed E-state index contributed by atoms with van der Waals surface area (Å²) in [5.41, 5.74) is 7.03. The zero-order valence-electron chi connectivity index (χ0n) is 11.3. The molecule has 1 aliphatic heterocycles. The van der Waals surface area contributed by atoms with Gasteiger partial charge in [0.1, 0.15) is 0 Å². The number of likely N-dealkylation sites (tertiary alicyclic amines) is 1. The molecule has 0 saturated carbocycles. The van der Waals surface area contributed by atoms with Crippen LogP contribution >= 0.6 is 0 Å². The summed E-state index contributed by atoms with van der Waals surface area (Å²) in [6.07, 6.45) is 2.53. The van der Waals surface area contributed by atoms with Crippen molar-refractivity contribution in [1.82, 2.24) is 10.2 Å². The van der Waals surface area contributed by atoms with Gasteiger partial charge in [-0.05, 0) is 44.5 Å². The van der Waals surface area contributed by atoms with Crippen LogP contribution in [0, 0.1) is 5.92 Å². The van der Waals surface area contributed by atoms with E-state index in [4.69, 9.17) is 5.73 Å². The van der Waals surface area contributed by atoms with Gasteiger partial charge in [0.15, 0.2) is 0 Å². The SMILES string of the molecule is CNC(c1ccccc1)C1CCN(CCN)CC1. The van der Waals surface area contributed by atoms with Crippen molar-refractivity contribution in [3.63, 3.8) is 0 Å². The van der Waals surface area contributed by atoms with Crippen LogP contribution in [0.1, 0.15) is 24.4 Å². The van der Waals surface area contributed by atoms with Gasteiger partial charge in [-0.25, -0.2) is 0 Å². The normalized spacial score (nSPS) is 19.9. The van der Waals surface area contributed by atoms with Crippen LogP contribution in [0.3, 0.4) is 0 Å². The quantitative estimate of drug-likeness (QED) is 0.831. The Balaban J connectivity index is 1.95. The maximum Gasteiger partial charge on any atom is 0.0347 e. The lowest BCUT2D eigenvalue weighted by Gasteiger charge is -2.36. The van der Waals surface area contributed by atoms with Crippen LogP contribution in [-0.2, 0) is 0 Å². The van der Waals surface area contributed by atoms with Crippen molar-refractivity contribution in [2.75, 3.05) is 33.2 Å². The minimum atomic E-state index is 0.492. The van der Waals surface area contributed by atoms with E-state index in [1.165, 1.54) is 31.5 Å². The van der Waals surface area contributed by atoms with E-state index >= 15 is 0 Å². The molecule has 0 aliphatic carbocycles. The Bertz CT molecular complexity index is 331. The molecule has 100 valence electrons. The van der Waals surface area contributed by atoms with E-state index in [2.05, 4.69) is 47.6 Å². The number of rotatable bonds is 5. The first-order valence-corrected chi connectivity index (χ1v) is 6.99. The molecule has 0 aromatic heterocycles. The molecule has 18 heavy (non-hydrogen) atoms. The molecule has 1 unspecified atom stereocenters. The molecule has 1 aromatic carbocycles. The molecular weight excluding hydrogens is 222 g/mol. The molecule has 1 atom stereocenters. The first kappa shape index (κ1) is 13.5. The van der Waals surface area contributed by atoms with Crippen LogP contribution in [0.4, 0.5) is 0 Å². The number of nitrogens with zero attached hydrogens (tertiary/aromatic N) is 1. The van der Waals surface area contributed by atoms with Crippen molar-refractivity contribution < 1.29 is 0 Å². The van der Waals surface area contributed by atoms with Gasteiger partial charge in [0.05, 0.1) is 0 Å². The van der Waals surface area contributed by atoms with Crippen molar-refractivity contribution in [2.45, 2.75) is 18.9 Å². The molecule has 0 spiro atoms. The van der Waals surface area contributed by atoms with E-state index < -0.39 is 0 Å². The number of nitrogens with two attached hydrogens (primary N) is 1. The number of piperidine rings is 1. The molecule has 3 N–H and O–H groups in total. The van der Waals surface area contributed by atoms with Gasteiger partial charge in [0, 0.05) is 19.1 Å². The summed E-state index contributed by atoms with van der Waals surface area (Å²) in [7, 11) is 2.07. The monoisotopic (exact) mass is 247 g/mol. The third-order valence-electron chi connectivity index (χ3n) is 4.02. The molecule has 1 aliphatic rings. The van der Waals surface area contributed by atoms with Crippen molar-refractivity contribution in [3.05, 3.63) is 35.9 Å². The first-order valence-electron chi connectivity index (χ1n) is 6.99. The Morgan fingerprint density at radius 3 is 2.50 bits per heavy atom. The first-order chi connectivity index (χ1) is 8.85. The Hall–Kier alpha value is -0.900. The highest BCUT2D eigenvalue weighted by atomic mass is 15.1. The van der Waals surface area contributed by atoms with Gasteiger partial charge < -0.3 is 16.0 Å². The van der Waals surface area contributed by atoms with Crippen LogP contribution in [0.15, 0.2) is 30.3 Å². The van der Waals surface area contributed by atoms with Crippen molar-refractivity contribution in [2.24, 2.45) is 11.7 Å². The van der Waals surface area contributed by atoms with E-state index in [-0.39, 0.29) is 0 Å². The topological polar surface area (TPSA) is 41.3 Å². The van der Waals surface area contributed by atoms with Crippen molar-refractivity contribution in [1.29, 1.82) is 0 Å². The molecule has 3 heteroatoms. The van der Waals surface area contributed by atoms with Crippen molar-refractivity contribution >= 4 is 0 Å². The number of benzene rings is 1. The van der Waals surface area contributed by atoms with Gasteiger partial charge in [0.25, 0.3) is 0 Å². The third kappa shape index (κ3) is 3.31. The van der Waals surface area contributed by atoms with Gasteiger partial charge in [-0.1, -0.05) is 30.3 Å². The predicted molar refractivity (Wildman–Crippen MR) is 76.5 cm³/mol. The second-order valence-electron chi connectivity index (χ2n) is 5.14. The lowest BCUT2D eigenvalue weighted by Crippen LogP contribution is -2.40. The maximum absolute atomic E-state index is 5.62. The molecule has 2 rings (SSSR count). The molecule has 0 amide bonds. The molecule has 0 radical (unpaired) electrons. The Labute approximate surface area is 110 Å². The second kappa shape index (κ2) is 6.88. The Kier molecular flexibility index (Phi) is 5.17. The van der Waals surface area contributed by atoms with E-state index in [1.54, 1.807) is 0 Å². The van der Waals surface area contributed by atoms with E-state index in [1.807, 2.05) is 0 Å². The van der Waals surface area contributed by atoms with Gasteiger partial charge in [-0.3, -0.25) is 0 Å². The van der Waals surface area contributed by atoms with Crippen LogP contribution in [-0.4, -0.2) is 38.1 Å². The lowest BCUT2D eigenvalue weighted by molar-refractivity contribution is 0.164. The zero-order valence-corrected chi connectivity index (χ0v) is 11.3. The molecular formula is C15H25N3. The average Bonchev–Trinajstić information content (AvgIpc) is 2.43. The molecule has 1 saturated heterocycles. The fraction of sp³-hybridized carbons (Fsp3) is 0.600. The van der Waals surface area contributed by atoms with Gasteiger partial charge in [-0.15, -0.1) is 0 Å². The highest BCUT2D eigenvalue weighted by molar-refractivity contribution is 5.19. The van der Waals surface area contributed by atoms with Crippen LogP contribution in [0.2, 0.25) is 0 Å². The summed E-state index contributed by atoms with van der Waals surface area (Å²) in [5.74, 6) is 0.742. The van der Waals surface area contributed by atoms with Gasteiger partial charge in [0.2, 0.25) is 0 Å². The summed E-state index contributed by atoms with van der Waals surface area (Å²) < 4.78 is 0. The van der Waals surface area contributed by atoms with E-state index in [0.29, 0.717) is 6.04 Å². The smallest absolute Gasteiger partial charge is 0.0347 e. The lowest BCUT2D eigenvalue weighted by atomic mass is 9.85. The highest BCUT2D eigenvalue weighted by Crippen LogP contribution is 2.30. The minimum absolute atomic E-state index is 0.492. The van der Waals surface area contributed by atoms with Crippen molar-refractivity contribution in [3.8, 4) is 0 Å². The molecule has 1 aromatic rings. The Morgan fingerprint density at radius 1 is 1.28 bits per heavy atom. The van der Waals surface area contributed by atoms with Gasteiger partial charge >= 0.3 is 0 Å². The number of nitrogens with one attached hydrogen (secondary N) is 1. The fourth-order valence-electron chi connectivity index (χ4n) is 3.03. The maximum atomic E-state index is 5.62. The molecule has 1 heterocycles. The number of hydrogen-bond acceptors (Lipinski definition) is 3. The summed E-state index contributed by atoms with van der Waals surface area (Å²) >= 11 is 0. The third-order valence-corrected chi connectivity index (χ3v) is 4.02. The second-order valence-corrected chi connectivity index (χ2v) is 5.14. The van der Waals surface area contributed by atoms with Crippen LogP contribution in [0.5, 0.6) is 0 Å². The zero-order chi connectivity index (χ0) is 12.8. The average molecular weight is 247 g/mol. The summed E-state index contributed by atoms with van der Waals surface area (Å²) in [6, 6.07) is 11.3.